The number of rotatable bonds is 2. The molecule has 0 aliphatic heterocycles. The molecule has 3 rings (SSSR count). The maximum absolute atomic E-state index is 12.0. The van der Waals surface area contributed by atoms with Crippen LogP contribution in [-0.2, 0) is 9.53 Å². The van der Waals surface area contributed by atoms with Crippen LogP contribution in [0.25, 0.3) is 6.08 Å². The molecule has 0 fully saturated rings. The highest BCUT2D eigenvalue weighted by atomic mass is 16.5. The summed E-state index contributed by atoms with van der Waals surface area (Å²) >= 11 is 0. The second-order valence-electron chi connectivity index (χ2n) is 4.56. The standard InChI is InChI=1S/C17H14O2/c1-19-17(18)15-11-13-9-5-6-10-14(13)16(15)12-7-3-2-4-8-12/h2-11,16H,1H3. The molecule has 0 saturated carbocycles. The monoisotopic (exact) mass is 250 g/mol. The second-order valence-corrected chi connectivity index (χ2v) is 4.56. The normalized spacial score (nSPS) is 16.7. The van der Waals surface area contributed by atoms with E-state index in [1.165, 1.54) is 7.11 Å². The molecule has 1 aliphatic rings. The van der Waals surface area contributed by atoms with Crippen molar-refractivity contribution in [2.75, 3.05) is 7.11 Å². The van der Waals surface area contributed by atoms with E-state index in [0.717, 1.165) is 16.7 Å². The predicted octanol–water partition coefficient (Wildman–Crippen LogP) is 3.39. The number of benzene rings is 2. The van der Waals surface area contributed by atoms with Crippen LogP contribution >= 0.6 is 0 Å². The van der Waals surface area contributed by atoms with Crippen molar-refractivity contribution in [2.45, 2.75) is 5.92 Å². The zero-order valence-electron chi connectivity index (χ0n) is 10.7. The molecule has 0 spiro atoms. The molecule has 2 nitrogen and oxygen atoms in total. The van der Waals surface area contributed by atoms with Crippen molar-refractivity contribution >= 4 is 12.0 Å². The highest BCUT2D eigenvalue weighted by molar-refractivity contribution is 5.99. The van der Waals surface area contributed by atoms with Crippen molar-refractivity contribution in [3.05, 3.63) is 76.9 Å². The quantitative estimate of drug-likeness (QED) is 0.764. The van der Waals surface area contributed by atoms with Gasteiger partial charge in [-0.3, -0.25) is 0 Å². The summed E-state index contributed by atoms with van der Waals surface area (Å²) < 4.78 is 4.91. The van der Waals surface area contributed by atoms with E-state index in [9.17, 15) is 4.79 Å². The van der Waals surface area contributed by atoms with Gasteiger partial charge in [-0.25, -0.2) is 4.79 Å². The minimum absolute atomic E-state index is 0.0233. The number of carbonyl (C=O) groups excluding carboxylic acids is 1. The van der Waals surface area contributed by atoms with Gasteiger partial charge in [0.1, 0.15) is 0 Å². The number of hydrogen-bond acceptors (Lipinski definition) is 2. The van der Waals surface area contributed by atoms with Gasteiger partial charge in [-0.15, -0.1) is 0 Å². The average molecular weight is 250 g/mol. The summed E-state index contributed by atoms with van der Waals surface area (Å²) in [5, 5.41) is 0. The van der Waals surface area contributed by atoms with Gasteiger partial charge in [0.05, 0.1) is 7.11 Å². The number of esters is 1. The van der Waals surface area contributed by atoms with E-state index in [1.807, 2.05) is 54.6 Å². The van der Waals surface area contributed by atoms with Crippen LogP contribution in [0.4, 0.5) is 0 Å². The second kappa shape index (κ2) is 4.73. The molecule has 1 unspecified atom stereocenters. The fraction of sp³-hybridized carbons (Fsp3) is 0.118. The van der Waals surface area contributed by atoms with Crippen molar-refractivity contribution < 1.29 is 9.53 Å². The summed E-state index contributed by atoms with van der Waals surface area (Å²) in [6.45, 7) is 0. The molecule has 1 aliphatic carbocycles. The third kappa shape index (κ3) is 1.95. The Labute approximate surface area is 112 Å². The average Bonchev–Trinajstić information content (AvgIpc) is 2.86. The first-order valence-electron chi connectivity index (χ1n) is 6.25. The van der Waals surface area contributed by atoms with Gasteiger partial charge in [-0.1, -0.05) is 54.6 Å². The molecule has 2 aromatic rings. The highest BCUT2D eigenvalue weighted by Gasteiger charge is 2.31. The molecule has 0 aromatic heterocycles. The Kier molecular flexibility index (Phi) is 2.92. The fourth-order valence-electron chi connectivity index (χ4n) is 2.62. The molecular weight excluding hydrogens is 236 g/mol. The van der Waals surface area contributed by atoms with E-state index in [4.69, 9.17) is 4.74 Å². The Balaban J connectivity index is 2.14. The molecule has 19 heavy (non-hydrogen) atoms. The molecule has 0 bridgehead atoms. The molecule has 94 valence electrons. The summed E-state index contributed by atoms with van der Waals surface area (Å²) in [4.78, 5) is 12.0. The Morgan fingerprint density at radius 3 is 2.42 bits per heavy atom. The van der Waals surface area contributed by atoms with Crippen LogP contribution in [0.1, 0.15) is 22.6 Å². The van der Waals surface area contributed by atoms with E-state index in [2.05, 4.69) is 6.07 Å². The van der Waals surface area contributed by atoms with E-state index in [0.29, 0.717) is 5.57 Å². The van der Waals surface area contributed by atoms with Gasteiger partial charge < -0.3 is 4.74 Å². The summed E-state index contributed by atoms with van der Waals surface area (Å²) in [5.41, 5.74) is 4.07. The number of ether oxygens (including phenoxy) is 1. The number of methoxy groups -OCH3 is 1. The molecule has 1 atom stereocenters. The maximum atomic E-state index is 12.0. The summed E-state index contributed by atoms with van der Waals surface area (Å²) in [6.07, 6.45) is 1.93. The molecule has 2 heteroatoms. The lowest BCUT2D eigenvalue weighted by atomic mass is 9.88. The minimum atomic E-state index is -0.259. The van der Waals surface area contributed by atoms with Gasteiger partial charge in [0, 0.05) is 11.5 Å². The number of carbonyl (C=O) groups is 1. The van der Waals surface area contributed by atoms with Gasteiger partial charge >= 0.3 is 5.97 Å². The summed E-state index contributed by atoms with van der Waals surface area (Å²) in [7, 11) is 1.42. The zero-order valence-corrected chi connectivity index (χ0v) is 10.7. The van der Waals surface area contributed by atoms with Gasteiger partial charge in [-0.05, 0) is 22.8 Å². The molecule has 2 aromatic carbocycles. The highest BCUT2D eigenvalue weighted by Crippen LogP contribution is 2.41. The van der Waals surface area contributed by atoms with Crippen molar-refractivity contribution in [3.63, 3.8) is 0 Å². The first-order valence-corrected chi connectivity index (χ1v) is 6.25. The first-order chi connectivity index (χ1) is 9.31. The van der Waals surface area contributed by atoms with E-state index in [1.54, 1.807) is 0 Å². The van der Waals surface area contributed by atoms with Crippen LogP contribution < -0.4 is 0 Å². The SMILES string of the molecule is COC(=O)C1=Cc2ccccc2C1c1ccccc1. The van der Waals surface area contributed by atoms with E-state index < -0.39 is 0 Å². The van der Waals surface area contributed by atoms with Gasteiger partial charge in [0.25, 0.3) is 0 Å². The van der Waals surface area contributed by atoms with Crippen LogP contribution in [0.3, 0.4) is 0 Å². The molecule has 0 amide bonds. The lowest BCUT2D eigenvalue weighted by Crippen LogP contribution is -2.11. The largest absolute Gasteiger partial charge is 0.466 e. The van der Waals surface area contributed by atoms with Crippen molar-refractivity contribution in [2.24, 2.45) is 0 Å². The third-order valence-electron chi connectivity index (χ3n) is 3.48. The van der Waals surface area contributed by atoms with Gasteiger partial charge in [0.15, 0.2) is 0 Å². The molecule has 0 saturated heterocycles. The Morgan fingerprint density at radius 2 is 1.68 bits per heavy atom. The molecule has 0 radical (unpaired) electrons. The number of fused-ring (bicyclic) bond motifs is 1. The van der Waals surface area contributed by atoms with Crippen molar-refractivity contribution in [1.29, 1.82) is 0 Å². The van der Waals surface area contributed by atoms with Gasteiger partial charge in [0.2, 0.25) is 0 Å². The molecule has 0 N–H and O–H groups in total. The van der Waals surface area contributed by atoms with E-state index in [-0.39, 0.29) is 11.9 Å². The minimum Gasteiger partial charge on any atom is -0.466 e. The van der Waals surface area contributed by atoms with Crippen LogP contribution in [0.5, 0.6) is 0 Å². The Morgan fingerprint density at radius 1 is 1.00 bits per heavy atom. The maximum Gasteiger partial charge on any atom is 0.334 e. The van der Waals surface area contributed by atoms with Gasteiger partial charge in [-0.2, -0.15) is 0 Å². The third-order valence-corrected chi connectivity index (χ3v) is 3.48. The number of hydrogen-bond donors (Lipinski definition) is 0. The first kappa shape index (κ1) is 11.7. The predicted molar refractivity (Wildman–Crippen MR) is 74.7 cm³/mol. The topological polar surface area (TPSA) is 26.3 Å². The zero-order chi connectivity index (χ0) is 13.2. The molecular formula is C17H14O2. The Hall–Kier alpha value is -2.35. The summed E-state index contributed by atoms with van der Waals surface area (Å²) in [5.74, 6) is -0.282. The van der Waals surface area contributed by atoms with Crippen molar-refractivity contribution in [3.8, 4) is 0 Å². The van der Waals surface area contributed by atoms with Crippen molar-refractivity contribution in [1.82, 2.24) is 0 Å². The van der Waals surface area contributed by atoms with Crippen LogP contribution in [-0.4, -0.2) is 13.1 Å². The van der Waals surface area contributed by atoms with Crippen LogP contribution in [0.2, 0.25) is 0 Å². The Bertz CT molecular complexity index is 641. The van der Waals surface area contributed by atoms with Crippen LogP contribution in [0.15, 0.2) is 60.2 Å². The lowest BCUT2D eigenvalue weighted by Gasteiger charge is -2.15. The lowest BCUT2D eigenvalue weighted by molar-refractivity contribution is -0.136. The fourth-order valence-corrected chi connectivity index (χ4v) is 2.62. The summed E-state index contributed by atoms with van der Waals surface area (Å²) in [6, 6.07) is 18.1. The van der Waals surface area contributed by atoms with Crippen LogP contribution in [0, 0.1) is 0 Å². The smallest absolute Gasteiger partial charge is 0.334 e. The van der Waals surface area contributed by atoms with E-state index >= 15 is 0 Å². The molecule has 0 heterocycles.